The van der Waals surface area contributed by atoms with Crippen molar-refractivity contribution in [2.45, 2.75) is 36.8 Å². The first-order valence-electron chi connectivity index (χ1n) is 6.05. The molecule has 3 nitrogen and oxygen atoms in total. The second-order valence-corrected chi connectivity index (χ2v) is 6.49. The van der Waals surface area contributed by atoms with E-state index in [9.17, 15) is 4.79 Å². The fourth-order valence-electron chi connectivity index (χ4n) is 1.65. The zero-order valence-corrected chi connectivity index (χ0v) is 11.4. The first kappa shape index (κ1) is 13.0. The minimum absolute atomic E-state index is 0.172. The van der Waals surface area contributed by atoms with Crippen molar-refractivity contribution < 1.29 is 4.79 Å². The molecule has 1 amide bonds. The van der Waals surface area contributed by atoms with Gasteiger partial charge in [0.2, 0.25) is 5.91 Å². The lowest BCUT2D eigenvalue weighted by molar-refractivity contribution is -0.119. The van der Waals surface area contributed by atoms with Crippen LogP contribution in [0.2, 0.25) is 0 Å². The summed E-state index contributed by atoms with van der Waals surface area (Å²) in [6, 6.07) is 9.85. The molecule has 1 saturated carbocycles. The highest BCUT2D eigenvalue weighted by Gasteiger charge is 2.50. The van der Waals surface area contributed by atoms with Crippen LogP contribution in [0.3, 0.4) is 0 Å². The van der Waals surface area contributed by atoms with Crippen molar-refractivity contribution in [2.75, 3.05) is 5.32 Å². The van der Waals surface area contributed by atoms with Crippen LogP contribution in [-0.2, 0) is 4.79 Å². The number of nitriles is 1. The zero-order chi connectivity index (χ0) is 13.2. The number of rotatable bonds is 4. The molecule has 94 valence electrons. The molecule has 1 fully saturated rings. The molecule has 0 radical (unpaired) electrons. The first-order chi connectivity index (χ1) is 8.55. The van der Waals surface area contributed by atoms with E-state index in [0.29, 0.717) is 18.1 Å². The van der Waals surface area contributed by atoms with Crippen LogP contribution in [-0.4, -0.2) is 11.2 Å². The van der Waals surface area contributed by atoms with Gasteiger partial charge in [0.25, 0.3) is 0 Å². The van der Waals surface area contributed by atoms with Crippen LogP contribution in [0.4, 0.5) is 5.69 Å². The Kier molecular flexibility index (Phi) is 3.63. The predicted molar refractivity (Wildman–Crippen MR) is 73.3 cm³/mol. The third-order valence-corrected chi connectivity index (χ3v) is 3.90. The van der Waals surface area contributed by atoms with Crippen LogP contribution in [0.15, 0.2) is 29.2 Å². The summed E-state index contributed by atoms with van der Waals surface area (Å²) in [5.74, 6) is -0.172. The number of thioether (sulfide) groups is 1. The Morgan fingerprint density at radius 3 is 2.44 bits per heavy atom. The summed E-state index contributed by atoms with van der Waals surface area (Å²) in [5, 5.41) is 12.3. The van der Waals surface area contributed by atoms with Gasteiger partial charge in [-0.2, -0.15) is 5.26 Å². The molecular weight excluding hydrogens is 244 g/mol. The second-order valence-electron chi connectivity index (χ2n) is 4.84. The number of hydrogen-bond acceptors (Lipinski definition) is 3. The lowest BCUT2D eigenvalue weighted by atomic mass is 10.1. The Morgan fingerprint density at radius 1 is 1.39 bits per heavy atom. The fraction of sp³-hybridized carbons (Fsp3) is 0.429. The monoisotopic (exact) mass is 260 g/mol. The number of amides is 1. The van der Waals surface area contributed by atoms with E-state index in [-0.39, 0.29) is 5.91 Å². The molecule has 0 spiro atoms. The van der Waals surface area contributed by atoms with Crippen molar-refractivity contribution in [1.82, 2.24) is 0 Å². The maximum atomic E-state index is 11.9. The third-order valence-electron chi connectivity index (χ3n) is 2.88. The van der Waals surface area contributed by atoms with Crippen LogP contribution in [0.1, 0.15) is 26.7 Å². The van der Waals surface area contributed by atoms with Crippen LogP contribution >= 0.6 is 11.8 Å². The minimum Gasteiger partial charge on any atom is -0.325 e. The number of carbonyl (C=O) groups is 1. The topological polar surface area (TPSA) is 52.9 Å². The van der Waals surface area contributed by atoms with E-state index in [1.807, 2.05) is 24.3 Å². The number of anilines is 1. The number of nitrogens with zero attached hydrogens (tertiary/aromatic N) is 1. The van der Waals surface area contributed by atoms with Crippen LogP contribution in [0.25, 0.3) is 0 Å². The van der Waals surface area contributed by atoms with Gasteiger partial charge in [-0.1, -0.05) is 13.8 Å². The summed E-state index contributed by atoms with van der Waals surface area (Å²) in [6.07, 6.45) is 1.35. The van der Waals surface area contributed by atoms with Crippen LogP contribution in [0, 0.1) is 16.7 Å². The van der Waals surface area contributed by atoms with Gasteiger partial charge in [0.15, 0.2) is 0 Å². The van der Waals surface area contributed by atoms with Crippen molar-refractivity contribution in [1.29, 1.82) is 5.26 Å². The van der Waals surface area contributed by atoms with E-state index < -0.39 is 5.41 Å². The van der Waals surface area contributed by atoms with Gasteiger partial charge in [-0.3, -0.25) is 4.79 Å². The molecule has 0 heterocycles. The largest absolute Gasteiger partial charge is 0.325 e. The van der Waals surface area contributed by atoms with Crippen molar-refractivity contribution in [3.05, 3.63) is 24.3 Å². The number of carbonyl (C=O) groups excluding carboxylic acids is 1. The number of nitrogens with one attached hydrogen (secondary N) is 1. The molecule has 1 N–H and O–H groups in total. The third kappa shape index (κ3) is 2.85. The van der Waals surface area contributed by atoms with Gasteiger partial charge >= 0.3 is 0 Å². The summed E-state index contributed by atoms with van der Waals surface area (Å²) >= 11 is 1.78. The molecule has 0 unspecified atom stereocenters. The second kappa shape index (κ2) is 5.03. The van der Waals surface area contributed by atoms with Gasteiger partial charge in [0.1, 0.15) is 5.41 Å². The van der Waals surface area contributed by atoms with E-state index >= 15 is 0 Å². The average molecular weight is 260 g/mol. The maximum absolute atomic E-state index is 11.9. The number of hydrogen-bond donors (Lipinski definition) is 1. The van der Waals surface area contributed by atoms with E-state index in [2.05, 4.69) is 25.2 Å². The van der Waals surface area contributed by atoms with Crippen LogP contribution in [0.5, 0.6) is 0 Å². The molecule has 1 aliphatic rings. The zero-order valence-electron chi connectivity index (χ0n) is 10.6. The van der Waals surface area contributed by atoms with E-state index in [0.717, 1.165) is 5.69 Å². The molecule has 0 aromatic heterocycles. The lowest BCUT2D eigenvalue weighted by Gasteiger charge is -2.09. The molecule has 1 aliphatic carbocycles. The van der Waals surface area contributed by atoms with Crippen molar-refractivity contribution in [2.24, 2.45) is 5.41 Å². The first-order valence-corrected chi connectivity index (χ1v) is 6.93. The Hall–Kier alpha value is -1.47. The highest BCUT2D eigenvalue weighted by Crippen LogP contribution is 2.45. The standard InChI is InChI=1S/C14H16N2OS/c1-10(2)18-12-5-3-11(4-6-12)16-13(17)14(9-15)7-8-14/h3-6,10H,7-8H2,1-2H3,(H,16,17). The van der Waals surface area contributed by atoms with Crippen molar-refractivity contribution in [3.8, 4) is 6.07 Å². The Labute approximate surface area is 112 Å². The normalized spacial score (nSPS) is 16.1. The molecule has 0 aliphatic heterocycles. The van der Waals surface area contributed by atoms with E-state index in [1.165, 1.54) is 4.90 Å². The highest BCUT2D eigenvalue weighted by molar-refractivity contribution is 7.99. The predicted octanol–water partition coefficient (Wildman–Crippen LogP) is 3.43. The molecule has 4 heteroatoms. The molecule has 0 atom stereocenters. The van der Waals surface area contributed by atoms with Gasteiger partial charge in [0.05, 0.1) is 6.07 Å². The molecular formula is C14H16N2OS. The summed E-state index contributed by atoms with van der Waals surface area (Å²) in [7, 11) is 0. The van der Waals surface area contributed by atoms with Crippen molar-refractivity contribution in [3.63, 3.8) is 0 Å². The van der Waals surface area contributed by atoms with Gasteiger partial charge < -0.3 is 5.32 Å². The Bertz CT molecular complexity index is 484. The van der Waals surface area contributed by atoms with E-state index in [1.54, 1.807) is 11.8 Å². The van der Waals surface area contributed by atoms with Crippen molar-refractivity contribution >= 4 is 23.4 Å². The van der Waals surface area contributed by atoms with Gasteiger partial charge in [0, 0.05) is 15.8 Å². The van der Waals surface area contributed by atoms with Gasteiger partial charge in [-0.25, -0.2) is 0 Å². The lowest BCUT2D eigenvalue weighted by Crippen LogP contribution is -2.22. The highest BCUT2D eigenvalue weighted by atomic mass is 32.2. The molecule has 1 aromatic rings. The molecule has 0 bridgehead atoms. The summed E-state index contributed by atoms with van der Waals surface area (Å²) in [6.45, 7) is 4.29. The quantitative estimate of drug-likeness (QED) is 0.844. The van der Waals surface area contributed by atoms with E-state index in [4.69, 9.17) is 5.26 Å². The fourth-order valence-corrected chi connectivity index (χ4v) is 2.49. The molecule has 2 rings (SSSR count). The van der Waals surface area contributed by atoms with Crippen LogP contribution < -0.4 is 5.32 Å². The average Bonchev–Trinajstić information content (AvgIpc) is 3.12. The minimum atomic E-state index is -0.759. The SMILES string of the molecule is CC(C)Sc1ccc(NC(=O)C2(C#N)CC2)cc1. The summed E-state index contributed by atoms with van der Waals surface area (Å²) < 4.78 is 0. The van der Waals surface area contributed by atoms with Gasteiger partial charge in [-0.15, -0.1) is 11.8 Å². The summed E-state index contributed by atoms with van der Waals surface area (Å²) in [5.41, 5.74) is 0.000340. The number of benzene rings is 1. The molecule has 18 heavy (non-hydrogen) atoms. The Morgan fingerprint density at radius 2 is 2.00 bits per heavy atom. The Balaban J connectivity index is 1.99. The summed E-state index contributed by atoms with van der Waals surface area (Å²) in [4.78, 5) is 13.0. The molecule has 1 aromatic carbocycles. The van der Waals surface area contributed by atoms with Gasteiger partial charge in [-0.05, 0) is 37.1 Å². The maximum Gasteiger partial charge on any atom is 0.244 e. The molecule has 0 saturated heterocycles. The smallest absolute Gasteiger partial charge is 0.244 e.